The van der Waals surface area contributed by atoms with Crippen LogP contribution >= 0.6 is 0 Å². The highest BCUT2D eigenvalue weighted by Gasteiger charge is 2.47. The van der Waals surface area contributed by atoms with Gasteiger partial charge < -0.3 is 5.73 Å². The van der Waals surface area contributed by atoms with Crippen molar-refractivity contribution in [3.63, 3.8) is 0 Å². The van der Waals surface area contributed by atoms with Gasteiger partial charge in [-0.1, -0.05) is 18.6 Å². The Morgan fingerprint density at radius 2 is 1.58 bits per heavy atom. The van der Waals surface area contributed by atoms with Crippen LogP contribution in [-0.4, -0.2) is 20.2 Å². The summed E-state index contributed by atoms with van der Waals surface area (Å²) in [5, 5.41) is 0. The number of hydrogen-bond donors (Lipinski definition) is 2. The molecule has 2 amide bonds. The van der Waals surface area contributed by atoms with Crippen molar-refractivity contribution in [3.8, 4) is 0 Å². The monoisotopic (exact) mass is 376 g/mol. The van der Waals surface area contributed by atoms with Gasteiger partial charge in [0.1, 0.15) is 5.82 Å². The third kappa shape index (κ3) is 3.20. The summed E-state index contributed by atoms with van der Waals surface area (Å²) in [6.45, 7) is 0. The van der Waals surface area contributed by atoms with Crippen molar-refractivity contribution in [1.82, 2.24) is 4.72 Å². The number of benzene rings is 2. The summed E-state index contributed by atoms with van der Waals surface area (Å²) < 4.78 is 40.2. The molecule has 0 bridgehead atoms. The molecule has 26 heavy (non-hydrogen) atoms. The number of carbonyl (C=O) groups excluding carboxylic acids is 2. The Balaban J connectivity index is 1.85. The molecule has 2 aromatic carbocycles. The van der Waals surface area contributed by atoms with E-state index >= 15 is 0 Å². The molecular formula is C18H17FN2O4S. The lowest BCUT2D eigenvalue weighted by Crippen LogP contribution is -2.50. The van der Waals surface area contributed by atoms with Crippen molar-refractivity contribution in [1.29, 1.82) is 0 Å². The molecule has 0 aromatic heterocycles. The Labute approximate surface area is 150 Å². The topological polar surface area (TPSA) is 106 Å². The second-order valence-electron chi connectivity index (χ2n) is 6.27. The number of carbonyl (C=O) groups is 2. The van der Waals surface area contributed by atoms with Crippen molar-refractivity contribution >= 4 is 21.8 Å². The van der Waals surface area contributed by atoms with E-state index < -0.39 is 33.1 Å². The minimum absolute atomic E-state index is 0.149. The van der Waals surface area contributed by atoms with Crippen molar-refractivity contribution in [3.05, 3.63) is 65.5 Å². The first-order valence-corrected chi connectivity index (χ1v) is 9.46. The normalized spacial score (nSPS) is 15.7. The molecular weight excluding hydrogens is 359 g/mol. The number of amides is 2. The molecule has 0 radical (unpaired) electrons. The van der Waals surface area contributed by atoms with Gasteiger partial charge in [-0.25, -0.2) is 17.5 Å². The zero-order chi connectivity index (χ0) is 18.9. The number of nitrogens with two attached hydrogens (primary N) is 1. The first-order chi connectivity index (χ1) is 12.2. The van der Waals surface area contributed by atoms with E-state index in [1.807, 2.05) is 0 Å². The molecule has 0 aliphatic heterocycles. The smallest absolute Gasteiger partial charge is 0.264 e. The van der Waals surface area contributed by atoms with Gasteiger partial charge in [-0.3, -0.25) is 9.59 Å². The molecule has 0 saturated heterocycles. The lowest BCUT2D eigenvalue weighted by atomic mass is 9.64. The third-order valence-corrected chi connectivity index (χ3v) is 6.06. The lowest BCUT2D eigenvalue weighted by Gasteiger charge is -2.40. The molecule has 1 saturated carbocycles. The Morgan fingerprint density at radius 3 is 2.04 bits per heavy atom. The average Bonchev–Trinajstić information content (AvgIpc) is 2.55. The van der Waals surface area contributed by atoms with E-state index in [0.717, 1.165) is 6.42 Å². The lowest BCUT2D eigenvalue weighted by molar-refractivity contribution is -0.128. The highest BCUT2D eigenvalue weighted by atomic mass is 32.2. The predicted molar refractivity (Wildman–Crippen MR) is 92.2 cm³/mol. The fraction of sp³-hybridized carbons (Fsp3) is 0.222. The Bertz CT molecular complexity index is 950. The highest BCUT2D eigenvalue weighted by Crippen LogP contribution is 2.44. The second-order valence-corrected chi connectivity index (χ2v) is 7.95. The minimum Gasteiger partial charge on any atom is -0.366 e. The quantitative estimate of drug-likeness (QED) is 0.830. The van der Waals surface area contributed by atoms with Crippen molar-refractivity contribution in [2.75, 3.05) is 0 Å². The second kappa shape index (κ2) is 6.53. The van der Waals surface area contributed by atoms with Crippen LogP contribution < -0.4 is 10.5 Å². The highest BCUT2D eigenvalue weighted by molar-refractivity contribution is 7.90. The number of rotatable bonds is 5. The largest absolute Gasteiger partial charge is 0.366 e. The molecule has 6 nitrogen and oxygen atoms in total. The van der Waals surface area contributed by atoms with Crippen LogP contribution in [0, 0.1) is 5.82 Å². The SMILES string of the molecule is NC(=O)c1ccc(S(=O)(=O)NC(=O)C2(c3ccc(F)cc3)CCC2)cc1. The van der Waals surface area contributed by atoms with Crippen LogP contribution in [0.5, 0.6) is 0 Å². The van der Waals surface area contributed by atoms with Crippen LogP contribution in [0.1, 0.15) is 35.2 Å². The van der Waals surface area contributed by atoms with Crippen LogP contribution in [0.15, 0.2) is 53.4 Å². The maximum atomic E-state index is 13.2. The number of sulfonamides is 1. The number of primary amides is 1. The van der Waals surface area contributed by atoms with Crippen LogP contribution in [0.2, 0.25) is 0 Å². The Hall–Kier alpha value is -2.74. The summed E-state index contributed by atoms with van der Waals surface area (Å²) in [5.41, 5.74) is 4.90. The van der Waals surface area contributed by atoms with Gasteiger partial charge in [0.2, 0.25) is 11.8 Å². The minimum atomic E-state index is -4.10. The standard InChI is InChI=1S/C18H17FN2O4S/c19-14-6-4-13(5-7-14)18(10-1-11-18)17(23)21-26(24,25)15-8-2-12(3-9-15)16(20)22/h2-9H,1,10-11H2,(H2,20,22)(H,21,23). The first-order valence-electron chi connectivity index (χ1n) is 7.98. The van der Waals surface area contributed by atoms with E-state index in [-0.39, 0.29) is 10.5 Å². The summed E-state index contributed by atoms with van der Waals surface area (Å²) in [7, 11) is -4.10. The van der Waals surface area contributed by atoms with Crippen LogP contribution in [0.4, 0.5) is 4.39 Å². The molecule has 0 heterocycles. The van der Waals surface area contributed by atoms with Gasteiger partial charge >= 0.3 is 0 Å². The maximum absolute atomic E-state index is 13.2. The van der Waals surface area contributed by atoms with Crippen molar-refractivity contribution in [2.45, 2.75) is 29.6 Å². The summed E-state index contributed by atoms with van der Waals surface area (Å²) in [4.78, 5) is 23.7. The first kappa shape index (κ1) is 18.1. The third-order valence-electron chi connectivity index (χ3n) is 4.71. The van der Waals surface area contributed by atoms with Crippen LogP contribution in [0.3, 0.4) is 0 Å². The van der Waals surface area contributed by atoms with Gasteiger partial charge in [0.05, 0.1) is 10.3 Å². The molecule has 2 aromatic rings. The molecule has 0 unspecified atom stereocenters. The number of nitrogens with one attached hydrogen (secondary N) is 1. The zero-order valence-corrected chi connectivity index (χ0v) is 14.6. The van der Waals surface area contributed by atoms with Crippen molar-refractivity contribution in [2.24, 2.45) is 5.73 Å². The predicted octanol–water partition coefficient (Wildman–Crippen LogP) is 1.85. The summed E-state index contributed by atoms with van der Waals surface area (Å²) in [6, 6.07) is 10.5. The Kier molecular flexibility index (Phi) is 4.53. The van der Waals surface area contributed by atoms with E-state index in [1.165, 1.54) is 48.5 Å². The molecule has 1 fully saturated rings. The van der Waals surface area contributed by atoms with E-state index in [1.54, 1.807) is 0 Å². The fourth-order valence-corrected chi connectivity index (χ4v) is 4.07. The number of hydrogen-bond acceptors (Lipinski definition) is 4. The average molecular weight is 376 g/mol. The van der Waals surface area contributed by atoms with Crippen LogP contribution in [-0.2, 0) is 20.2 Å². The van der Waals surface area contributed by atoms with Gasteiger partial charge in [-0.2, -0.15) is 0 Å². The van der Waals surface area contributed by atoms with Crippen molar-refractivity contribution < 1.29 is 22.4 Å². The molecule has 1 aliphatic carbocycles. The fourth-order valence-electron chi connectivity index (χ4n) is 3.02. The van der Waals surface area contributed by atoms with Gasteiger partial charge in [0.25, 0.3) is 10.0 Å². The number of halogens is 1. The van der Waals surface area contributed by atoms with Crippen LogP contribution in [0.25, 0.3) is 0 Å². The molecule has 3 N–H and O–H groups in total. The molecule has 0 spiro atoms. The Morgan fingerprint density at radius 1 is 1.00 bits per heavy atom. The summed E-state index contributed by atoms with van der Waals surface area (Å²) in [5.74, 6) is -1.75. The summed E-state index contributed by atoms with van der Waals surface area (Å²) in [6.07, 6.45) is 1.75. The molecule has 0 atom stereocenters. The zero-order valence-electron chi connectivity index (χ0n) is 13.7. The van der Waals surface area contributed by atoms with E-state index in [2.05, 4.69) is 4.72 Å². The van der Waals surface area contributed by atoms with E-state index in [9.17, 15) is 22.4 Å². The van der Waals surface area contributed by atoms with Gasteiger partial charge in [0.15, 0.2) is 0 Å². The van der Waals surface area contributed by atoms with E-state index in [0.29, 0.717) is 18.4 Å². The van der Waals surface area contributed by atoms with Gasteiger partial charge in [-0.05, 0) is 54.8 Å². The molecule has 8 heteroatoms. The molecule has 3 rings (SSSR count). The van der Waals surface area contributed by atoms with Gasteiger partial charge in [-0.15, -0.1) is 0 Å². The maximum Gasteiger partial charge on any atom is 0.264 e. The van der Waals surface area contributed by atoms with Gasteiger partial charge in [0, 0.05) is 5.56 Å². The molecule has 1 aliphatic rings. The van der Waals surface area contributed by atoms with E-state index in [4.69, 9.17) is 5.73 Å². The summed E-state index contributed by atoms with van der Waals surface area (Å²) >= 11 is 0. The molecule has 136 valence electrons.